The summed E-state index contributed by atoms with van der Waals surface area (Å²) in [7, 11) is 0. The second-order valence-corrected chi connectivity index (χ2v) is 5.52. The maximum atomic E-state index is 12.0. The first-order valence-corrected chi connectivity index (χ1v) is 7.17. The summed E-state index contributed by atoms with van der Waals surface area (Å²) in [5, 5.41) is 11.8. The van der Waals surface area contributed by atoms with Gasteiger partial charge in [0.2, 0.25) is 0 Å². The van der Waals surface area contributed by atoms with E-state index in [1.165, 1.54) is 35.0 Å². The molecule has 0 unspecified atom stereocenters. The van der Waals surface area contributed by atoms with Crippen molar-refractivity contribution in [3.63, 3.8) is 0 Å². The molecule has 0 radical (unpaired) electrons. The Kier molecular flexibility index (Phi) is 4.89. The molecule has 1 aromatic heterocycles. The van der Waals surface area contributed by atoms with Crippen LogP contribution in [0.2, 0.25) is 0 Å². The standard InChI is InChI=1S/C12H11N3O4S2/c1-2-13-14-11(16)9(21-12(14)20)5-3-4-8-6-7-10(19-8)15(17)18/h3-7,13H,2H2,1H3/b4-3+,9-5+. The number of nitro groups is 1. The summed E-state index contributed by atoms with van der Waals surface area (Å²) in [5.41, 5.74) is 2.86. The van der Waals surface area contributed by atoms with Crippen LogP contribution < -0.4 is 5.43 Å². The number of carbonyl (C=O) groups excluding carboxylic acids is 1. The molecule has 1 aromatic rings. The molecule has 9 heteroatoms. The predicted molar refractivity (Wildman–Crippen MR) is 83.2 cm³/mol. The van der Waals surface area contributed by atoms with Crippen LogP contribution in [0.25, 0.3) is 6.08 Å². The summed E-state index contributed by atoms with van der Waals surface area (Å²) in [6.07, 6.45) is 4.71. The highest BCUT2D eigenvalue weighted by Crippen LogP contribution is 2.29. The lowest BCUT2D eigenvalue weighted by Gasteiger charge is -2.13. The molecule has 0 aromatic carbocycles. The van der Waals surface area contributed by atoms with Gasteiger partial charge in [-0.3, -0.25) is 14.9 Å². The van der Waals surface area contributed by atoms with Crippen molar-refractivity contribution in [2.45, 2.75) is 6.92 Å². The zero-order valence-electron chi connectivity index (χ0n) is 10.9. The van der Waals surface area contributed by atoms with Crippen LogP contribution in [0.15, 0.2) is 33.6 Å². The van der Waals surface area contributed by atoms with E-state index in [4.69, 9.17) is 16.6 Å². The van der Waals surface area contributed by atoms with Crippen LogP contribution in [0, 0.1) is 10.1 Å². The van der Waals surface area contributed by atoms with Crippen LogP contribution in [0.1, 0.15) is 12.7 Å². The first-order valence-electron chi connectivity index (χ1n) is 5.95. The minimum absolute atomic E-state index is 0.220. The number of thioether (sulfide) groups is 1. The number of amides is 1. The Balaban J connectivity index is 2.07. The second-order valence-electron chi connectivity index (χ2n) is 3.84. The summed E-state index contributed by atoms with van der Waals surface area (Å²) in [5.74, 6) is -0.213. The summed E-state index contributed by atoms with van der Waals surface area (Å²) >= 11 is 6.27. The normalized spacial score (nSPS) is 17.4. The van der Waals surface area contributed by atoms with E-state index >= 15 is 0 Å². The van der Waals surface area contributed by atoms with Crippen LogP contribution in [-0.2, 0) is 4.79 Å². The number of hydrogen-bond donors (Lipinski definition) is 1. The molecule has 1 saturated heterocycles. The second kappa shape index (κ2) is 6.66. The molecule has 21 heavy (non-hydrogen) atoms. The molecule has 1 aliphatic rings. The van der Waals surface area contributed by atoms with Gasteiger partial charge in [0.25, 0.3) is 5.91 Å². The van der Waals surface area contributed by atoms with Gasteiger partial charge in [-0.25, -0.2) is 10.4 Å². The fourth-order valence-corrected chi connectivity index (χ4v) is 2.71. The van der Waals surface area contributed by atoms with Gasteiger partial charge in [0.15, 0.2) is 4.32 Å². The van der Waals surface area contributed by atoms with E-state index in [2.05, 4.69) is 5.43 Å². The van der Waals surface area contributed by atoms with Gasteiger partial charge in [0.05, 0.1) is 11.0 Å². The van der Waals surface area contributed by atoms with Crippen molar-refractivity contribution >= 4 is 46.2 Å². The molecule has 1 N–H and O–H groups in total. The molecule has 0 bridgehead atoms. The Labute approximate surface area is 129 Å². The summed E-state index contributed by atoms with van der Waals surface area (Å²) in [4.78, 5) is 22.3. The summed E-state index contributed by atoms with van der Waals surface area (Å²) < 4.78 is 5.40. The van der Waals surface area contributed by atoms with E-state index in [0.29, 0.717) is 21.5 Å². The molecule has 0 spiro atoms. The molecule has 0 aliphatic carbocycles. The molecule has 0 saturated carbocycles. The van der Waals surface area contributed by atoms with E-state index < -0.39 is 4.92 Å². The SMILES string of the molecule is CCNN1C(=O)/C(=C\C=C\c2ccc([N+](=O)[O-])o2)SC1=S. The molecule has 1 fully saturated rings. The lowest BCUT2D eigenvalue weighted by atomic mass is 10.3. The Hall–Kier alpha value is -1.97. The van der Waals surface area contributed by atoms with Crippen molar-refractivity contribution < 1.29 is 14.1 Å². The Bertz CT molecular complexity index is 651. The van der Waals surface area contributed by atoms with Crippen molar-refractivity contribution in [2.24, 2.45) is 0 Å². The smallest absolute Gasteiger partial charge is 0.401 e. The molecular weight excluding hydrogens is 314 g/mol. The van der Waals surface area contributed by atoms with Crippen LogP contribution in [0.4, 0.5) is 5.88 Å². The van der Waals surface area contributed by atoms with Crippen molar-refractivity contribution in [3.05, 3.63) is 45.1 Å². The number of rotatable bonds is 5. The number of thiocarbonyl (C=S) groups is 1. The zero-order chi connectivity index (χ0) is 15.4. The monoisotopic (exact) mass is 325 g/mol. The Morgan fingerprint density at radius 1 is 1.57 bits per heavy atom. The Morgan fingerprint density at radius 3 is 2.95 bits per heavy atom. The number of hydrazine groups is 1. The highest BCUT2D eigenvalue weighted by Gasteiger charge is 2.31. The number of hydrogen-bond acceptors (Lipinski definition) is 7. The van der Waals surface area contributed by atoms with E-state index in [9.17, 15) is 14.9 Å². The first-order chi connectivity index (χ1) is 10.0. The topological polar surface area (TPSA) is 88.6 Å². The molecular formula is C12H11N3O4S2. The van der Waals surface area contributed by atoms with E-state index in [1.54, 1.807) is 12.2 Å². The van der Waals surface area contributed by atoms with Crippen molar-refractivity contribution in [1.82, 2.24) is 10.4 Å². The maximum Gasteiger partial charge on any atom is 0.433 e. The fraction of sp³-hybridized carbons (Fsp3) is 0.167. The van der Waals surface area contributed by atoms with Crippen LogP contribution in [0.5, 0.6) is 0 Å². The van der Waals surface area contributed by atoms with E-state index in [0.717, 1.165) is 0 Å². The quantitative estimate of drug-likeness (QED) is 0.385. The van der Waals surface area contributed by atoms with Crippen LogP contribution in [-0.4, -0.2) is 26.7 Å². The van der Waals surface area contributed by atoms with Crippen molar-refractivity contribution in [3.8, 4) is 0 Å². The summed E-state index contributed by atoms with van der Waals surface area (Å²) in [6.45, 7) is 2.46. The third-order valence-electron chi connectivity index (χ3n) is 2.41. The fourth-order valence-electron chi connectivity index (χ4n) is 1.54. The molecule has 1 aliphatic heterocycles. The average Bonchev–Trinajstić information content (AvgIpc) is 3.00. The first kappa shape index (κ1) is 15.4. The van der Waals surface area contributed by atoms with Crippen LogP contribution in [0.3, 0.4) is 0 Å². The maximum absolute atomic E-state index is 12.0. The predicted octanol–water partition coefficient (Wildman–Crippen LogP) is 2.47. The van der Waals surface area contributed by atoms with Gasteiger partial charge in [-0.1, -0.05) is 37.0 Å². The lowest BCUT2D eigenvalue weighted by Crippen LogP contribution is -2.40. The average molecular weight is 325 g/mol. The van der Waals surface area contributed by atoms with Gasteiger partial charge in [0.1, 0.15) is 10.7 Å². The highest BCUT2D eigenvalue weighted by atomic mass is 32.2. The summed E-state index contributed by atoms with van der Waals surface area (Å²) in [6, 6.07) is 2.75. The van der Waals surface area contributed by atoms with Gasteiger partial charge in [-0.2, -0.15) is 0 Å². The van der Waals surface area contributed by atoms with Crippen molar-refractivity contribution in [1.29, 1.82) is 0 Å². The third kappa shape index (κ3) is 3.57. The molecule has 110 valence electrons. The van der Waals surface area contributed by atoms with Gasteiger partial charge in [-0.15, -0.1) is 0 Å². The minimum Gasteiger partial charge on any atom is -0.401 e. The van der Waals surface area contributed by atoms with Gasteiger partial charge >= 0.3 is 5.88 Å². The Morgan fingerprint density at radius 2 is 2.33 bits per heavy atom. The highest BCUT2D eigenvalue weighted by molar-refractivity contribution is 8.26. The van der Waals surface area contributed by atoms with E-state index in [-0.39, 0.29) is 11.8 Å². The number of nitrogens with zero attached hydrogens (tertiary/aromatic N) is 2. The number of furan rings is 1. The zero-order valence-corrected chi connectivity index (χ0v) is 12.6. The number of allylic oxidation sites excluding steroid dienone is 2. The van der Waals surface area contributed by atoms with Gasteiger partial charge in [0, 0.05) is 6.54 Å². The van der Waals surface area contributed by atoms with Gasteiger partial charge in [-0.05, 0) is 18.2 Å². The molecule has 1 amide bonds. The lowest BCUT2D eigenvalue weighted by molar-refractivity contribution is -0.402. The number of carbonyl (C=O) groups is 1. The van der Waals surface area contributed by atoms with Crippen LogP contribution >= 0.6 is 24.0 Å². The molecule has 0 atom stereocenters. The minimum atomic E-state index is -0.612. The molecule has 7 nitrogen and oxygen atoms in total. The van der Waals surface area contributed by atoms with Crippen molar-refractivity contribution in [2.75, 3.05) is 6.54 Å². The van der Waals surface area contributed by atoms with Gasteiger partial charge < -0.3 is 4.42 Å². The van der Waals surface area contributed by atoms with E-state index in [1.807, 2.05) is 6.92 Å². The third-order valence-corrected chi connectivity index (χ3v) is 3.73. The largest absolute Gasteiger partial charge is 0.433 e. The number of nitrogens with one attached hydrogen (secondary N) is 1. The molecule has 2 rings (SSSR count). The molecule has 2 heterocycles.